The van der Waals surface area contributed by atoms with E-state index in [2.05, 4.69) is 0 Å². The molecule has 0 heterocycles. The highest BCUT2D eigenvalue weighted by Gasteiger charge is 2.14. The van der Waals surface area contributed by atoms with E-state index in [1.54, 1.807) is 18.2 Å². The lowest BCUT2D eigenvalue weighted by Crippen LogP contribution is -1.95. The number of rotatable bonds is 3. The summed E-state index contributed by atoms with van der Waals surface area (Å²) >= 11 is 0. The molecule has 0 amide bonds. The molecule has 0 unspecified atom stereocenters. The number of phenols is 3. The van der Waals surface area contributed by atoms with E-state index in [9.17, 15) is 15.3 Å². The van der Waals surface area contributed by atoms with Gasteiger partial charge in [0.25, 0.3) is 0 Å². The molecule has 0 fully saturated rings. The maximum atomic E-state index is 10.2. The molecule has 3 nitrogen and oxygen atoms in total. The molecular weight excluding hydrogens is 240 g/mol. The average molecular weight is 258 g/mol. The highest BCUT2D eigenvalue weighted by atomic mass is 16.3. The standard InChI is InChI=1S/C16H18O3/c1-3-14-15(18)10(2)8-12(16(14)19)9-11-4-6-13(17)7-5-11/h4-8,17-19H,3,9H2,1-2H3. The predicted octanol–water partition coefficient (Wildman–Crippen LogP) is 3.27. The van der Waals surface area contributed by atoms with E-state index in [-0.39, 0.29) is 17.2 Å². The SMILES string of the molecule is CCc1c(O)c(C)cc(Cc2ccc(O)cc2)c1O. The quantitative estimate of drug-likeness (QED) is 0.792. The first-order valence-corrected chi connectivity index (χ1v) is 6.34. The van der Waals surface area contributed by atoms with Crippen molar-refractivity contribution in [2.24, 2.45) is 0 Å². The molecule has 100 valence electrons. The van der Waals surface area contributed by atoms with Crippen LogP contribution in [-0.4, -0.2) is 15.3 Å². The Morgan fingerprint density at radius 2 is 1.58 bits per heavy atom. The Balaban J connectivity index is 2.40. The van der Waals surface area contributed by atoms with Gasteiger partial charge in [0.2, 0.25) is 0 Å². The van der Waals surface area contributed by atoms with E-state index >= 15 is 0 Å². The molecule has 0 bridgehead atoms. The summed E-state index contributed by atoms with van der Waals surface area (Å²) in [7, 11) is 0. The van der Waals surface area contributed by atoms with Gasteiger partial charge in [0.1, 0.15) is 17.2 Å². The molecule has 0 atom stereocenters. The van der Waals surface area contributed by atoms with Crippen LogP contribution in [0.5, 0.6) is 17.2 Å². The molecule has 3 N–H and O–H groups in total. The largest absolute Gasteiger partial charge is 0.508 e. The third-order valence-electron chi connectivity index (χ3n) is 3.32. The van der Waals surface area contributed by atoms with Crippen molar-refractivity contribution in [3.8, 4) is 17.2 Å². The summed E-state index contributed by atoms with van der Waals surface area (Å²) in [5.74, 6) is 0.567. The third-order valence-corrected chi connectivity index (χ3v) is 3.32. The van der Waals surface area contributed by atoms with E-state index in [0.717, 1.165) is 16.7 Å². The van der Waals surface area contributed by atoms with Crippen molar-refractivity contribution < 1.29 is 15.3 Å². The zero-order valence-corrected chi connectivity index (χ0v) is 11.1. The van der Waals surface area contributed by atoms with Gasteiger partial charge in [-0.05, 0) is 48.2 Å². The van der Waals surface area contributed by atoms with Gasteiger partial charge >= 0.3 is 0 Å². The average Bonchev–Trinajstić information content (AvgIpc) is 2.39. The second-order valence-corrected chi connectivity index (χ2v) is 4.73. The fourth-order valence-electron chi connectivity index (χ4n) is 2.25. The maximum absolute atomic E-state index is 10.2. The van der Waals surface area contributed by atoms with Crippen molar-refractivity contribution in [1.29, 1.82) is 0 Å². The van der Waals surface area contributed by atoms with E-state index in [4.69, 9.17) is 0 Å². The van der Waals surface area contributed by atoms with E-state index in [1.165, 1.54) is 0 Å². The van der Waals surface area contributed by atoms with E-state index in [0.29, 0.717) is 18.4 Å². The minimum absolute atomic E-state index is 0.165. The Labute approximate surface area is 112 Å². The number of aromatic hydroxyl groups is 3. The van der Waals surface area contributed by atoms with Crippen LogP contribution >= 0.6 is 0 Å². The summed E-state index contributed by atoms with van der Waals surface area (Å²) in [4.78, 5) is 0. The zero-order valence-electron chi connectivity index (χ0n) is 11.1. The molecule has 0 saturated heterocycles. The van der Waals surface area contributed by atoms with E-state index in [1.807, 2.05) is 26.0 Å². The Hall–Kier alpha value is -2.16. The zero-order chi connectivity index (χ0) is 14.0. The van der Waals surface area contributed by atoms with Gasteiger partial charge in [-0.25, -0.2) is 0 Å². The smallest absolute Gasteiger partial charge is 0.125 e. The first-order valence-electron chi connectivity index (χ1n) is 6.34. The Kier molecular flexibility index (Phi) is 3.65. The van der Waals surface area contributed by atoms with Crippen LogP contribution in [0.2, 0.25) is 0 Å². The highest BCUT2D eigenvalue weighted by molar-refractivity contribution is 5.54. The van der Waals surface area contributed by atoms with Crippen LogP contribution in [0.3, 0.4) is 0 Å². The topological polar surface area (TPSA) is 60.7 Å². The fourth-order valence-corrected chi connectivity index (χ4v) is 2.25. The van der Waals surface area contributed by atoms with Crippen molar-refractivity contribution in [2.75, 3.05) is 0 Å². The molecule has 0 aliphatic carbocycles. The minimum Gasteiger partial charge on any atom is -0.508 e. The summed E-state index contributed by atoms with van der Waals surface area (Å²) in [6, 6.07) is 8.70. The second-order valence-electron chi connectivity index (χ2n) is 4.73. The van der Waals surface area contributed by atoms with Crippen LogP contribution in [0.1, 0.15) is 29.2 Å². The van der Waals surface area contributed by atoms with Crippen molar-refractivity contribution in [3.05, 3.63) is 52.6 Å². The Bertz CT molecular complexity index is 586. The lowest BCUT2D eigenvalue weighted by atomic mass is 9.96. The molecule has 0 spiro atoms. The van der Waals surface area contributed by atoms with Gasteiger partial charge in [0, 0.05) is 12.0 Å². The molecule has 2 aromatic rings. The van der Waals surface area contributed by atoms with Gasteiger partial charge in [0.05, 0.1) is 0 Å². The van der Waals surface area contributed by atoms with Gasteiger partial charge in [-0.1, -0.05) is 19.1 Å². The summed E-state index contributed by atoms with van der Waals surface area (Å²) < 4.78 is 0. The maximum Gasteiger partial charge on any atom is 0.125 e. The number of phenolic OH excluding ortho intramolecular Hbond substituents is 3. The van der Waals surface area contributed by atoms with Gasteiger partial charge in [-0.15, -0.1) is 0 Å². The first kappa shape index (κ1) is 13.3. The highest BCUT2D eigenvalue weighted by Crippen LogP contribution is 2.35. The number of benzene rings is 2. The van der Waals surface area contributed by atoms with Crippen LogP contribution in [-0.2, 0) is 12.8 Å². The molecule has 19 heavy (non-hydrogen) atoms. The molecule has 0 saturated carbocycles. The summed E-state index contributed by atoms with van der Waals surface area (Å²) in [6.07, 6.45) is 1.15. The number of hydrogen-bond donors (Lipinski definition) is 3. The fraction of sp³-hybridized carbons (Fsp3) is 0.250. The van der Waals surface area contributed by atoms with Crippen LogP contribution < -0.4 is 0 Å². The predicted molar refractivity (Wildman–Crippen MR) is 74.8 cm³/mol. The monoisotopic (exact) mass is 258 g/mol. The van der Waals surface area contributed by atoms with Gasteiger partial charge < -0.3 is 15.3 Å². The number of hydrogen-bond acceptors (Lipinski definition) is 3. The van der Waals surface area contributed by atoms with Crippen LogP contribution in [0.4, 0.5) is 0 Å². The van der Waals surface area contributed by atoms with Gasteiger partial charge in [-0.3, -0.25) is 0 Å². The summed E-state index contributed by atoms with van der Waals surface area (Å²) in [6.45, 7) is 3.73. The van der Waals surface area contributed by atoms with Crippen molar-refractivity contribution in [3.63, 3.8) is 0 Å². The summed E-state index contributed by atoms with van der Waals surface area (Å²) in [5, 5.41) is 29.4. The minimum atomic E-state index is 0.165. The molecule has 3 heteroatoms. The van der Waals surface area contributed by atoms with Gasteiger partial charge in [-0.2, -0.15) is 0 Å². The Morgan fingerprint density at radius 3 is 2.16 bits per heavy atom. The number of aryl methyl sites for hydroxylation is 1. The van der Waals surface area contributed by atoms with Crippen molar-refractivity contribution >= 4 is 0 Å². The molecule has 2 aromatic carbocycles. The molecule has 0 radical (unpaired) electrons. The van der Waals surface area contributed by atoms with Gasteiger partial charge in [0.15, 0.2) is 0 Å². The summed E-state index contributed by atoms with van der Waals surface area (Å²) in [5.41, 5.74) is 3.15. The van der Waals surface area contributed by atoms with Crippen LogP contribution in [0.25, 0.3) is 0 Å². The molecule has 0 aromatic heterocycles. The lowest BCUT2D eigenvalue weighted by molar-refractivity contribution is 0.433. The van der Waals surface area contributed by atoms with Crippen molar-refractivity contribution in [1.82, 2.24) is 0 Å². The van der Waals surface area contributed by atoms with Crippen molar-refractivity contribution in [2.45, 2.75) is 26.7 Å². The molecule has 0 aliphatic rings. The second kappa shape index (κ2) is 5.22. The third kappa shape index (κ3) is 2.65. The van der Waals surface area contributed by atoms with Crippen LogP contribution in [0, 0.1) is 6.92 Å². The lowest BCUT2D eigenvalue weighted by Gasteiger charge is -2.13. The Morgan fingerprint density at radius 1 is 0.947 bits per heavy atom. The van der Waals surface area contributed by atoms with Crippen LogP contribution in [0.15, 0.2) is 30.3 Å². The molecule has 2 rings (SSSR count). The normalized spacial score (nSPS) is 10.6. The first-order chi connectivity index (χ1) is 9.02. The molecular formula is C16H18O3. The van der Waals surface area contributed by atoms with E-state index < -0.39 is 0 Å². The molecule has 0 aliphatic heterocycles.